The maximum absolute atomic E-state index is 15.7. The number of carbonyl (C=O) groups excluding carboxylic acids is 2. The van der Waals surface area contributed by atoms with Crippen molar-refractivity contribution in [2.24, 2.45) is 5.41 Å². The number of halogens is 3. The van der Waals surface area contributed by atoms with Crippen LogP contribution in [0.25, 0.3) is 0 Å². The van der Waals surface area contributed by atoms with Gasteiger partial charge in [0, 0.05) is 29.6 Å². The van der Waals surface area contributed by atoms with E-state index in [1.807, 2.05) is 20.8 Å². The number of rotatable bonds is 4. The van der Waals surface area contributed by atoms with Gasteiger partial charge >= 0.3 is 5.97 Å². The Balaban J connectivity index is 1.67. The molecule has 1 spiro atoms. The average molecular weight is 547 g/mol. The molecular formula is C29H33ClF2N2O4. The first-order chi connectivity index (χ1) is 17.9. The number of benzene rings is 2. The van der Waals surface area contributed by atoms with Gasteiger partial charge in [0.2, 0.25) is 5.91 Å². The van der Waals surface area contributed by atoms with Gasteiger partial charge in [-0.15, -0.1) is 0 Å². The maximum Gasteiger partial charge on any atom is 0.324 e. The molecule has 0 radical (unpaired) electrons. The van der Waals surface area contributed by atoms with Gasteiger partial charge in [0.1, 0.15) is 22.8 Å². The molecule has 2 aliphatic heterocycles. The summed E-state index contributed by atoms with van der Waals surface area (Å²) >= 11 is 6.20. The molecule has 2 aromatic rings. The number of carbonyl (C=O) groups is 2. The van der Waals surface area contributed by atoms with Gasteiger partial charge < -0.3 is 20.5 Å². The lowest BCUT2D eigenvalue weighted by Crippen LogP contribution is -2.49. The largest absolute Gasteiger partial charge is 0.425 e. The van der Waals surface area contributed by atoms with Gasteiger partial charge in [-0.2, -0.15) is 0 Å². The number of esters is 1. The third-order valence-corrected chi connectivity index (χ3v) is 8.43. The molecule has 2 fully saturated rings. The second-order valence-electron chi connectivity index (χ2n) is 12.0. The summed E-state index contributed by atoms with van der Waals surface area (Å²) in [6.07, 6.45) is 2.48. The van der Waals surface area contributed by atoms with Gasteiger partial charge in [-0.05, 0) is 55.2 Å². The SMILES string of the molecule is CC(C)(C)CC1NC(C(=O)NC2CCC(O)CC2)C(c2cccc(Cl)c2F)C12C(=O)Oc1cc(F)ccc12. The Labute approximate surface area is 226 Å². The normalized spacial score (nSPS) is 30.8. The summed E-state index contributed by atoms with van der Waals surface area (Å²) in [6.45, 7) is 6.05. The highest BCUT2D eigenvalue weighted by Gasteiger charge is 2.67. The van der Waals surface area contributed by atoms with E-state index in [2.05, 4.69) is 10.6 Å². The van der Waals surface area contributed by atoms with Gasteiger partial charge in [-0.3, -0.25) is 9.59 Å². The molecule has 1 amide bonds. The fraction of sp³-hybridized carbons (Fsp3) is 0.517. The second-order valence-corrected chi connectivity index (χ2v) is 12.4. The van der Waals surface area contributed by atoms with Gasteiger partial charge in [0.25, 0.3) is 0 Å². The maximum atomic E-state index is 15.7. The highest BCUT2D eigenvalue weighted by Crippen LogP contribution is 2.57. The van der Waals surface area contributed by atoms with Crippen LogP contribution in [0, 0.1) is 17.0 Å². The van der Waals surface area contributed by atoms with E-state index in [1.54, 1.807) is 12.1 Å². The van der Waals surface area contributed by atoms with E-state index in [4.69, 9.17) is 16.3 Å². The lowest BCUT2D eigenvalue weighted by atomic mass is 9.62. The van der Waals surface area contributed by atoms with Gasteiger partial charge in [-0.25, -0.2) is 8.78 Å². The van der Waals surface area contributed by atoms with Crippen LogP contribution in [0.4, 0.5) is 8.78 Å². The highest BCUT2D eigenvalue weighted by atomic mass is 35.5. The molecular weight excluding hydrogens is 514 g/mol. The molecule has 204 valence electrons. The van der Waals surface area contributed by atoms with Crippen molar-refractivity contribution >= 4 is 23.5 Å². The standard InChI is InChI=1S/C29H33ClF2N2O4/c1-28(2,3)14-22-29(19-12-7-15(31)13-21(19)38-27(29)37)23(18-5-4-6-20(30)24(18)32)25(34-22)26(36)33-16-8-10-17(35)11-9-16/h4-7,12-13,16-17,22-23,25,34-35H,8-11,14H2,1-3H3,(H,33,36). The van der Waals surface area contributed by atoms with Crippen molar-refractivity contribution in [2.75, 3.05) is 0 Å². The molecule has 1 saturated carbocycles. The molecule has 2 aromatic carbocycles. The molecule has 3 aliphatic rings. The monoisotopic (exact) mass is 546 g/mol. The lowest BCUT2D eigenvalue weighted by molar-refractivity contribution is -0.139. The van der Waals surface area contributed by atoms with Gasteiger partial charge in [0.15, 0.2) is 0 Å². The average Bonchev–Trinajstić information content (AvgIpc) is 3.31. The third-order valence-electron chi connectivity index (χ3n) is 8.14. The minimum Gasteiger partial charge on any atom is -0.425 e. The summed E-state index contributed by atoms with van der Waals surface area (Å²) < 4.78 is 35.6. The van der Waals surface area contributed by atoms with E-state index in [1.165, 1.54) is 18.2 Å². The van der Waals surface area contributed by atoms with E-state index in [9.17, 15) is 19.1 Å². The molecule has 0 aromatic heterocycles. The van der Waals surface area contributed by atoms with E-state index >= 15 is 4.39 Å². The van der Waals surface area contributed by atoms with Crippen LogP contribution in [0.2, 0.25) is 5.02 Å². The smallest absolute Gasteiger partial charge is 0.324 e. The molecule has 2 heterocycles. The number of fused-ring (bicyclic) bond motifs is 2. The Bertz CT molecular complexity index is 1260. The summed E-state index contributed by atoms with van der Waals surface area (Å²) in [7, 11) is 0. The Kier molecular flexibility index (Phi) is 7.03. The number of nitrogens with one attached hydrogen (secondary N) is 2. The molecule has 4 atom stereocenters. The first-order valence-corrected chi connectivity index (χ1v) is 13.5. The van der Waals surface area contributed by atoms with E-state index in [0.29, 0.717) is 37.7 Å². The predicted molar refractivity (Wildman–Crippen MR) is 139 cm³/mol. The minimum absolute atomic E-state index is 0.0745. The van der Waals surface area contributed by atoms with E-state index in [0.717, 1.165) is 6.07 Å². The number of aliphatic hydroxyl groups is 1. The van der Waals surface area contributed by atoms with Crippen molar-refractivity contribution in [2.45, 2.75) is 88.4 Å². The zero-order valence-electron chi connectivity index (χ0n) is 21.7. The molecule has 4 unspecified atom stereocenters. The van der Waals surface area contributed by atoms with Crippen LogP contribution in [-0.4, -0.2) is 41.2 Å². The fourth-order valence-corrected chi connectivity index (χ4v) is 6.70. The van der Waals surface area contributed by atoms with Crippen molar-refractivity contribution in [1.29, 1.82) is 0 Å². The Morgan fingerprint density at radius 3 is 2.58 bits per heavy atom. The first kappa shape index (κ1) is 27.0. The first-order valence-electron chi connectivity index (χ1n) is 13.1. The second kappa shape index (κ2) is 9.88. The lowest BCUT2D eigenvalue weighted by Gasteiger charge is -2.36. The van der Waals surface area contributed by atoms with Crippen LogP contribution in [0.15, 0.2) is 36.4 Å². The van der Waals surface area contributed by atoms with Crippen molar-refractivity contribution < 1.29 is 28.2 Å². The molecule has 0 bridgehead atoms. The van der Waals surface area contributed by atoms with E-state index < -0.39 is 41.0 Å². The molecule has 1 saturated heterocycles. The molecule has 38 heavy (non-hydrogen) atoms. The Morgan fingerprint density at radius 2 is 1.89 bits per heavy atom. The van der Waals surface area contributed by atoms with Crippen LogP contribution in [0.3, 0.4) is 0 Å². The van der Waals surface area contributed by atoms with Crippen LogP contribution in [0.5, 0.6) is 5.75 Å². The quantitative estimate of drug-likeness (QED) is 0.380. The number of ether oxygens (including phenoxy) is 1. The summed E-state index contributed by atoms with van der Waals surface area (Å²) in [5.74, 6) is -3.23. The Hall–Kier alpha value is -2.55. The molecule has 6 nitrogen and oxygen atoms in total. The van der Waals surface area contributed by atoms with Crippen molar-refractivity contribution in [1.82, 2.24) is 10.6 Å². The van der Waals surface area contributed by atoms with Crippen molar-refractivity contribution in [3.63, 3.8) is 0 Å². The summed E-state index contributed by atoms with van der Waals surface area (Å²) in [5, 5.41) is 16.2. The number of hydrogen-bond donors (Lipinski definition) is 3. The topological polar surface area (TPSA) is 87.7 Å². The van der Waals surface area contributed by atoms with Crippen LogP contribution >= 0.6 is 11.6 Å². The summed E-state index contributed by atoms with van der Waals surface area (Å²) in [6, 6.07) is 6.71. The number of aliphatic hydroxyl groups excluding tert-OH is 1. The third kappa shape index (κ3) is 4.61. The van der Waals surface area contributed by atoms with Gasteiger partial charge in [-0.1, -0.05) is 50.6 Å². The number of amides is 1. The van der Waals surface area contributed by atoms with Crippen LogP contribution in [-0.2, 0) is 15.0 Å². The highest BCUT2D eigenvalue weighted by molar-refractivity contribution is 6.30. The Morgan fingerprint density at radius 1 is 1.18 bits per heavy atom. The van der Waals surface area contributed by atoms with Crippen molar-refractivity contribution in [3.05, 3.63) is 64.2 Å². The molecule has 3 N–H and O–H groups in total. The summed E-state index contributed by atoms with van der Waals surface area (Å²) in [5.41, 5.74) is -1.23. The zero-order valence-corrected chi connectivity index (χ0v) is 22.4. The predicted octanol–water partition coefficient (Wildman–Crippen LogP) is 4.76. The molecule has 5 rings (SSSR count). The van der Waals surface area contributed by atoms with E-state index in [-0.39, 0.29) is 39.8 Å². The molecule has 1 aliphatic carbocycles. The van der Waals surface area contributed by atoms with Gasteiger partial charge in [0.05, 0.1) is 17.2 Å². The van der Waals surface area contributed by atoms with Crippen LogP contribution < -0.4 is 15.4 Å². The van der Waals surface area contributed by atoms with Crippen LogP contribution in [0.1, 0.15) is 69.9 Å². The van der Waals surface area contributed by atoms with Crippen molar-refractivity contribution in [3.8, 4) is 5.75 Å². The summed E-state index contributed by atoms with van der Waals surface area (Å²) in [4.78, 5) is 27.8. The molecule has 9 heteroatoms. The fourth-order valence-electron chi connectivity index (χ4n) is 6.52. The minimum atomic E-state index is -1.49. The number of hydrogen-bond acceptors (Lipinski definition) is 5. The zero-order chi connectivity index (χ0) is 27.4.